The number of hydrogen-bond acceptors (Lipinski definition) is 4. The number of aromatic nitrogens is 2. The van der Waals surface area contributed by atoms with Gasteiger partial charge >= 0.3 is 0 Å². The molecule has 0 amide bonds. The first-order valence-electron chi connectivity index (χ1n) is 8.87. The predicted octanol–water partition coefficient (Wildman–Crippen LogP) is 4.74. The van der Waals surface area contributed by atoms with Gasteiger partial charge in [0.2, 0.25) is 0 Å². The van der Waals surface area contributed by atoms with Gasteiger partial charge in [0.1, 0.15) is 7.11 Å². The number of hydrogen-bond donors (Lipinski definition) is 0. The third kappa shape index (κ3) is 3.23. The van der Waals surface area contributed by atoms with E-state index in [9.17, 15) is 0 Å². The van der Waals surface area contributed by atoms with Crippen molar-refractivity contribution in [2.24, 2.45) is 11.1 Å². The lowest BCUT2D eigenvalue weighted by Crippen LogP contribution is -2.21. The molecule has 0 unspecified atom stereocenters. The summed E-state index contributed by atoms with van der Waals surface area (Å²) < 4.78 is 0. The zero-order valence-electron chi connectivity index (χ0n) is 15.0. The monoisotopic (exact) mass is 343 g/mol. The van der Waals surface area contributed by atoms with Crippen LogP contribution >= 0.6 is 0 Å². The summed E-state index contributed by atoms with van der Waals surface area (Å²) in [5.41, 5.74) is 7.33. The average molecular weight is 343 g/mol. The van der Waals surface area contributed by atoms with Crippen molar-refractivity contribution in [3.8, 4) is 22.4 Å². The zero-order valence-corrected chi connectivity index (χ0v) is 15.0. The van der Waals surface area contributed by atoms with E-state index in [4.69, 9.17) is 4.84 Å². The Hall–Kier alpha value is -3.01. The maximum absolute atomic E-state index is 5.04. The van der Waals surface area contributed by atoms with Crippen molar-refractivity contribution in [3.05, 3.63) is 71.9 Å². The topological polar surface area (TPSA) is 47.4 Å². The molecule has 1 aliphatic carbocycles. The minimum atomic E-state index is 0.502. The fourth-order valence-electron chi connectivity index (χ4n) is 3.46. The molecular formula is C22H21N3O. The van der Waals surface area contributed by atoms with Gasteiger partial charge in [0.15, 0.2) is 0 Å². The van der Waals surface area contributed by atoms with Crippen LogP contribution in [0.15, 0.2) is 65.8 Å². The second-order valence-electron chi connectivity index (χ2n) is 6.77. The molecule has 1 heterocycles. The van der Waals surface area contributed by atoms with E-state index in [1.54, 1.807) is 7.11 Å². The molecule has 0 radical (unpaired) electrons. The van der Waals surface area contributed by atoms with Crippen LogP contribution in [0, 0.1) is 5.92 Å². The first-order valence-corrected chi connectivity index (χ1v) is 8.87. The average Bonchev–Trinajstić information content (AvgIpc) is 2.69. The van der Waals surface area contributed by atoms with Crippen molar-refractivity contribution in [3.63, 3.8) is 0 Å². The van der Waals surface area contributed by atoms with Crippen molar-refractivity contribution < 1.29 is 4.84 Å². The van der Waals surface area contributed by atoms with E-state index in [1.807, 2.05) is 6.07 Å². The second kappa shape index (κ2) is 7.08. The summed E-state index contributed by atoms with van der Waals surface area (Å²) in [7, 11) is 1.59. The Morgan fingerprint density at radius 1 is 0.885 bits per heavy atom. The van der Waals surface area contributed by atoms with E-state index in [0.717, 1.165) is 41.1 Å². The molecule has 0 saturated carbocycles. The summed E-state index contributed by atoms with van der Waals surface area (Å²) in [6, 6.07) is 20.9. The van der Waals surface area contributed by atoms with E-state index >= 15 is 0 Å². The van der Waals surface area contributed by atoms with Crippen LogP contribution in [0.2, 0.25) is 0 Å². The van der Waals surface area contributed by atoms with Gasteiger partial charge in [-0.15, -0.1) is 0 Å². The summed E-state index contributed by atoms with van der Waals surface area (Å²) in [6.07, 6.45) is 1.83. The van der Waals surface area contributed by atoms with Crippen LogP contribution in [0.1, 0.15) is 24.6 Å². The highest BCUT2D eigenvalue weighted by Gasteiger charge is 2.24. The molecule has 0 bridgehead atoms. The summed E-state index contributed by atoms with van der Waals surface area (Å²) in [5.74, 6) is 0.502. The molecule has 1 aliphatic rings. The summed E-state index contributed by atoms with van der Waals surface area (Å²) in [6.45, 7) is 2.20. The SMILES string of the molecule is CO/N=C1\C[C@@H](C)Cc2nnc(-c3ccc(-c4ccccc4)cc3)cc21. The van der Waals surface area contributed by atoms with E-state index in [-0.39, 0.29) is 0 Å². The number of nitrogens with zero attached hydrogens (tertiary/aromatic N) is 3. The zero-order chi connectivity index (χ0) is 17.9. The standard InChI is InChI=1S/C22H21N3O/c1-15-12-21-19(22(13-15)25-26-2)14-20(23-24-21)18-10-8-17(9-11-18)16-6-4-3-5-7-16/h3-11,14-15H,12-13H2,1-2H3/b25-22+/t15-/m0/s1. The number of rotatable bonds is 3. The van der Waals surface area contributed by atoms with Crippen LogP contribution in [-0.4, -0.2) is 23.0 Å². The maximum Gasteiger partial charge on any atom is 0.106 e. The quantitative estimate of drug-likeness (QED) is 0.645. The van der Waals surface area contributed by atoms with Crippen LogP contribution in [0.3, 0.4) is 0 Å². The first-order chi connectivity index (χ1) is 12.7. The molecule has 0 fully saturated rings. The smallest absolute Gasteiger partial charge is 0.106 e. The van der Waals surface area contributed by atoms with E-state index < -0.39 is 0 Å². The molecule has 1 atom stereocenters. The Labute approximate surface area is 153 Å². The molecule has 0 spiro atoms. The highest BCUT2D eigenvalue weighted by Crippen LogP contribution is 2.28. The Morgan fingerprint density at radius 2 is 1.58 bits per heavy atom. The van der Waals surface area contributed by atoms with Crippen molar-refractivity contribution in [2.45, 2.75) is 19.8 Å². The number of benzene rings is 2. The van der Waals surface area contributed by atoms with Gasteiger partial charge in [0.05, 0.1) is 17.1 Å². The minimum absolute atomic E-state index is 0.502. The summed E-state index contributed by atoms with van der Waals surface area (Å²) in [4.78, 5) is 5.04. The maximum atomic E-state index is 5.04. The van der Waals surface area contributed by atoms with Gasteiger partial charge in [0.25, 0.3) is 0 Å². The van der Waals surface area contributed by atoms with Gasteiger partial charge < -0.3 is 4.84 Å². The lowest BCUT2D eigenvalue weighted by Gasteiger charge is -2.21. The van der Waals surface area contributed by atoms with Crippen molar-refractivity contribution >= 4 is 5.71 Å². The normalized spacial score (nSPS) is 17.8. The Balaban J connectivity index is 1.69. The largest absolute Gasteiger partial charge is 0.399 e. The third-order valence-electron chi connectivity index (χ3n) is 4.75. The molecule has 4 nitrogen and oxygen atoms in total. The van der Waals surface area contributed by atoms with E-state index in [1.165, 1.54) is 11.1 Å². The van der Waals surface area contributed by atoms with E-state index in [0.29, 0.717) is 5.92 Å². The Morgan fingerprint density at radius 3 is 2.31 bits per heavy atom. The molecule has 26 heavy (non-hydrogen) atoms. The van der Waals surface area contributed by atoms with Crippen LogP contribution in [0.5, 0.6) is 0 Å². The molecule has 1 aromatic heterocycles. The summed E-state index contributed by atoms with van der Waals surface area (Å²) >= 11 is 0. The molecule has 3 aromatic rings. The summed E-state index contributed by atoms with van der Waals surface area (Å²) in [5, 5.41) is 13.1. The van der Waals surface area contributed by atoms with Gasteiger partial charge in [-0.25, -0.2) is 0 Å². The van der Waals surface area contributed by atoms with E-state index in [2.05, 4.69) is 76.9 Å². The molecule has 4 heteroatoms. The van der Waals surface area contributed by atoms with Gasteiger partial charge in [-0.2, -0.15) is 10.2 Å². The van der Waals surface area contributed by atoms with Gasteiger partial charge in [0, 0.05) is 11.1 Å². The van der Waals surface area contributed by atoms with Gasteiger partial charge in [-0.3, -0.25) is 0 Å². The van der Waals surface area contributed by atoms with Crippen LogP contribution in [-0.2, 0) is 11.3 Å². The Bertz CT molecular complexity index is 933. The fraction of sp³-hybridized carbons (Fsp3) is 0.227. The highest BCUT2D eigenvalue weighted by atomic mass is 16.6. The van der Waals surface area contributed by atoms with Crippen molar-refractivity contribution in [2.75, 3.05) is 7.11 Å². The lowest BCUT2D eigenvalue weighted by molar-refractivity contribution is 0.212. The third-order valence-corrected chi connectivity index (χ3v) is 4.75. The molecule has 0 aliphatic heterocycles. The molecule has 0 N–H and O–H groups in total. The van der Waals surface area contributed by atoms with Gasteiger partial charge in [-0.05, 0) is 36.0 Å². The molecule has 0 saturated heterocycles. The number of fused-ring (bicyclic) bond motifs is 1. The van der Waals surface area contributed by atoms with Gasteiger partial charge in [-0.1, -0.05) is 66.7 Å². The minimum Gasteiger partial charge on any atom is -0.399 e. The molecule has 4 rings (SSSR count). The lowest BCUT2D eigenvalue weighted by atomic mass is 9.86. The highest BCUT2D eigenvalue weighted by molar-refractivity contribution is 6.02. The Kier molecular flexibility index (Phi) is 4.48. The fourth-order valence-corrected chi connectivity index (χ4v) is 3.46. The first kappa shape index (κ1) is 16.5. The molecule has 2 aromatic carbocycles. The molecule has 130 valence electrons. The number of oxime groups is 1. The second-order valence-corrected chi connectivity index (χ2v) is 6.77. The molecular weight excluding hydrogens is 322 g/mol. The predicted molar refractivity (Wildman–Crippen MR) is 104 cm³/mol. The van der Waals surface area contributed by atoms with Crippen molar-refractivity contribution in [1.82, 2.24) is 10.2 Å². The van der Waals surface area contributed by atoms with Crippen LogP contribution in [0.4, 0.5) is 0 Å². The van der Waals surface area contributed by atoms with Crippen LogP contribution < -0.4 is 0 Å². The van der Waals surface area contributed by atoms with Crippen molar-refractivity contribution in [1.29, 1.82) is 0 Å². The van der Waals surface area contributed by atoms with Crippen LogP contribution in [0.25, 0.3) is 22.4 Å².